The van der Waals surface area contributed by atoms with Crippen molar-refractivity contribution < 1.29 is 9.59 Å². The molecule has 1 N–H and O–H groups in total. The maximum Gasteiger partial charge on any atom is 0.260 e. The predicted octanol–water partition coefficient (Wildman–Crippen LogP) is 2.91. The van der Waals surface area contributed by atoms with E-state index in [9.17, 15) is 9.59 Å². The van der Waals surface area contributed by atoms with Gasteiger partial charge in [-0.05, 0) is 30.4 Å². The molecule has 0 atom stereocenters. The van der Waals surface area contributed by atoms with Crippen LogP contribution >= 0.6 is 12.6 Å². The first kappa shape index (κ1) is 11.8. The summed E-state index contributed by atoms with van der Waals surface area (Å²) in [4.78, 5) is 24.0. The van der Waals surface area contributed by atoms with Gasteiger partial charge in [-0.1, -0.05) is 25.3 Å². The first-order valence-electron chi connectivity index (χ1n) is 6.40. The van der Waals surface area contributed by atoms with Gasteiger partial charge in [-0.3, -0.25) is 14.9 Å². The lowest BCUT2D eigenvalue weighted by Crippen LogP contribution is -2.20. The molecular formula is C14H15NO2S. The molecule has 3 rings (SSSR count). The minimum atomic E-state index is -0.308. The van der Waals surface area contributed by atoms with Crippen molar-refractivity contribution in [1.82, 2.24) is 5.32 Å². The zero-order chi connectivity index (χ0) is 12.7. The number of fused-ring (bicyclic) bond motifs is 1. The predicted molar refractivity (Wildman–Crippen MR) is 71.3 cm³/mol. The highest BCUT2D eigenvalue weighted by Crippen LogP contribution is 2.38. The average molecular weight is 261 g/mol. The fourth-order valence-corrected chi connectivity index (χ4v) is 3.48. The average Bonchev–Trinajstić information content (AvgIpc) is 2.67. The number of hydrogen-bond acceptors (Lipinski definition) is 3. The third-order valence-corrected chi connectivity index (χ3v) is 4.43. The lowest BCUT2D eigenvalue weighted by Gasteiger charge is -2.23. The highest BCUT2D eigenvalue weighted by molar-refractivity contribution is 7.80. The van der Waals surface area contributed by atoms with Gasteiger partial charge in [0.15, 0.2) is 0 Å². The van der Waals surface area contributed by atoms with Crippen LogP contribution in [-0.4, -0.2) is 11.8 Å². The first-order valence-corrected chi connectivity index (χ1v) is 6.84. The van der Waals surface area contributed by atoms with Gasteiger partial charge in [0.1, 0.15) is 0 Å². The minimum Gasteiger partial charge on any atom is -0.288 e. The van der Waals surface area contributed by atoms with Crippen LogP contribution in [0.2, 0.25) is 0 Å². The molecule has 1 aromatic carbocycles. The molecule has 1 fully saturated rings. The normalized spacial score (nSPS) is 19.8. The molecule has 0 bridgehead atoms. The smallest absolute Gasteiger partial charge is 0.260 e. The van der Waals surface area contributed by atoms with Crippen molar-refractivity contribution in [2.24, 2.45) is 0 Å². The molecule has 18 heavy (non-hydrogen) atoms. The van der Waals surface area contributed by atoms with Crippen LogP contribution in [0.3, 0.4) is 0 Å². The summed E-state index contributed by atoms with van der Waals surface area (Å²) >= 11 is 4.50. The van der Waals surface area contributed by atoms with Crippen LogP contribution in [0.1, 0.15) is 64.3 Å². The molecule has 3 nitrogen and oxygen atoms in total. The number of rotatable bonds is 1. The molecular weight excluding hydrogens is 246 g/mol. The Balaban J connectivity index is 2.05. The number of imide groups is 1. The second kappa shape index (κ2) is 4.43. The van der Waals surface area contributed by atoms with Gasteiger partial charge < -0.3 is 0 Å². The van der Waals surface area contributed by atoms with Crippen LogP contribution < -0.4 is 5.32 Å². The summed E-state index contributed by atoms with van der Waals surface area (Å²) in [5, 5.41) is 2.33. The van der Waals surface area contributed by atoms with E-state index in [0.29, 0.717) is 21.9 Å². The van der Waals surface area contributed by atoms with E-state index < -0.39 is 0 Å². The molecule has 94 valence electrons. The van der Waals surface area contributed by atoms with Gasteiger partial charge in [-0.2, -0.15) is 0 Å². The third-order valence-electron chi connectivity index (χ3n) is 3.95. The van der Waals surface area contributed by atoms with Crippen molar-refractivity contribution in [1.29, 1.82) is 0 Å². The van der Waals surface area contributed by atoms with Gasteiger partial charge in [0.25, 0.3) is 11.8 Å². The maximum absolute atomic E-state index is 11.8. The highest BCUT2D eigenvalue weighted by Gasteiger charge is 2.31. The fourth-order valence-electron chi connectivity index (χ4n) is 3.00. The maximum atomic E-state index is 11.8. The zero-order valence-corrected chi connectivity index (χ0v) is 10.9. The first-order chi connectivity index (χ1) is 8.68. The summed E-state index contributed by atoms with van der Waals surface area (Å²) < 4.78 is 0. The molecule has 0 aromatic heterocycles. The molecule has 2 aliphatic rings. The summed E-state index contributed by atoms with van der Waals surface area (Å²) in [6.07, 6.45) is 6.08. The van der Waals surface area contributed by atoms with E-state index in [0.717, 1.165) is 18.4 Å². The van der Waals surface area contributed by atoms with Crippen molar-refractivity contribution in [3.63, 3.8) is 0 Å². The number of carbonyl (C=O) groups excluding carboxylic acids is 2. The van der Waals surface area contributed by atoms with Crippen molar-refractivity contribution in [3.8, 4) is 0 Å². The summed E-state index contributed by atoms with van der Waals surface area (Å²) in [7, 11) is 0. The Labute approximate surface area is 111 Å². The Hall–Kier alpha value is -1.29. The minimum absolute atomic E-state index is 0.305. The third kappa shape index (κ3) is 1.75. The largest absolute Gasteiger partial charge is 0.288 e. The van der Waals surface area contributed by atoms with E-state index in [1.807, 2.05) is 6.07 Å². The number of benzene rings is 1. The van der Waals surface area contributed by atoms with Crippen LogP contribution in [0.5, 0.6) is 0 Å². The summed E-state index contributed by atoms with van der Waals surface area (Å²) in [6, 6.07) is 3.73. The molecule has 4 heteroatoms. The van der Waals surface area contributed by atoms with E-state index in [2.05, 4.69) is 17.9 Å². The zero-order valence-electron chi connectivity index (χ0n) is 10.0. The van der Waals surface area contributed by atoms with Gasteiger partial charge in [-0.25, -0.2) is 0 Å². The number of carbonyl (C=O) groups is 2. The van der Waals surface area contributed by atoms with Gasteiger partial charge in [0, 0.05) is 4.90 Å². The van der Waals surface area contributed by atoms with E-state index in [1.54, 1.807) is 6.07 Å². The number of nitrogens with one attached hydrogen (secondary N) is 1. The van der Waals surface area contributed by atoms with Crippen molar-refractivity contribution in [3.05, 3.63) is 28.8 Å². The second-order valence-electron chi connectivity index (χ2n) is 5.04. The van der Waals surface area contributed by atoms with Crippen LogP contribution in [0.25, 0.3) is 0 Å². The Kier molecular flexibility index (Phi) is 2.90. The fraction of sp³-hybridized carbons (Fsp3) is 0.429. The summed E-state index contributed by atoms with van der Waals surface area (Å²) in [5.74, 6) is -0.127. The van der Waals surface area contributed by atoms with Gasteiger partial charge in [0.2, 0.25) is 0 Å². The SMILES string of the molecule is O=C1NC(=O)c2c1ccc(C1CCCCC1)c2S. The van der Waals surface area contributed by atoms with E-state index in [4.69, 9.17) is 0 Å². The summed E-state index contributed by atoms with van der Waals surface area (Å²) in [6.45, 7) is 0. The molecule has 1 aliphatic carbocycles. The quantitative estimate of drug-likeness (QED) is 0.603. The van der Waals surface area contributed by atoms with Crippen molar-refractivity contribution in [2.75, 3.05) is 0 Å². The Morgan fingerprint density at radius 1 is 1.06 bits per heavy atom. The van der Waals surface area contributed by atoms with E-state index in [1.165, 1.54) is 19.3 Å². The van der Waals surface area contributed by atoms with E-state index in [-0.39, 0.29) is 11.8 Å². The topological polar surface area (TPSA) is 46.2 Å². The monoisotopic (exact) mass is 261 g/mol. The van der Waals surface area contributed by atoms with Crippen LogP contribution in [0.15, 0.2) is 17.0 Å². The molecule has 2 amide bonds. The Bertz CT molecular complexity index is 533. The van der Waals surface area contributed by atoms with Crippen LogP contribution in [-0.2, 0) is 0 Å². The van der Waals surface area contributed by atoms with Crippen molar-refractivity contribution in [2.45, 2.75) is 42.9 Å². The Morgan fingerprint density at radius 3 is 2.50 bits per heavy atom. The lowest BCUT2D eigenvalue weighted by atomic mass is 9.83. The van der Waals surface area contributed by atoms with E-state index >= 15 is 0 Å². The number of thiol groups is 1. The molecule has 1 saturated carbocycles. The molecule has 1 heterocycles. The molecule has 0 saturated heterocycles. The highest BCUT2D eigenvalue weighted by atomic mass is 32.1. The van der Waals surface area contributed by atoms with Crippen molar-refractivity contribution >= 4 is 24.4 Å². The van der Waals surface area contributed by atoms with Gasteiger partial charge >= 0.3 is 0 Å². The lowest BCUT2D eigenvalue weighted by molar-refractivity contribution is 0.0879. The molecule has 0 unspecified atom stereocenters. The van der Waals surface area contributed by atoms with Crippen LogP contribution in [0, 0.1) is 0 Å². The molecule has 0 spiro atoms. The summed E-state index contributed by atoms with van der Waals surface area (Å²) in [5.41, 5.74) is 2.05. The number of amides is 2. The molecule has 1 aromatic rings. The molecule has 1 aliphatic heterocycles. The standard InChI is InChI=1S/C14H15NO2S/c16-13-10-7-6-9(8-4-2-1-3-5-8)12(18)11(10)14(17)15-13/h6-8,18H,1-5H2,(H,15,16,17). The molecule has 0 radical (unpaired) electrons. The number of hydrogen-bond donors (Lipinski definition) is 2. The van der Waals surface area contributed by atoms with Gasteiger partial charge in [0.05, 0.1) is 11.1 Å². The Morgan fingerprint density at radius 2 is 1.78 bits per heavy atom. The van der Waals surface area contributed by atoms with Gasteiger partial charge in [-0.15, -0.1) is 12.6 Å². The van der Waals surface area contributed by atoms with Crippen LogP contribution in [0.4, 0.5) is 0 Å². The second-order valence-corrected chi connectivity index (χ2v) is 5.49.